The van der Waals surface area contributed by atoms with Crippen LogP contribution < -0.4 is 10.9 Å². The van der Waals surface area contributed by atoms with Crippen molar-refractivity contribution >= 4 is 17.3 Å². The van der Waals surface area contributed by atoms with Crippen LogP contribution in [0.3, 0.4) is 0 Å². The Bertz CT molecular complexity index is 737. The third kappa shape index (κ3) is 6.34. The van der Waals surface area contributed by atoms with Gasteiger partial charge >= 0.3 is 0 Å². The largest absolute Gasteiger partial charge is 0.357 e. The van der Waals surface area contributed by atoms with Gasteiger partial charge in [0.2, 0.25) is 5.56 Å². The SMILES string of the molecule is CCNC(=NCCCCn1ccccc1=O)N(C)Cc1csc(C)n1. The van der Waals surface area contributed by atoms with Crippen LogP contribution in [0, 0.1) is 6.92 Å². The molecule has 0 spiro atoms. The molecule has 25 heavy (non-hydrogen) atoms. The Balaban J connectivity index is 1.82. The van der Waals surface area contributed by atoms with Gasteiger partial charge in [0, 0.05) is 44.3 Å². The molecule has 0 saturated heterocycles. The number of guanidine groups is 1. The smallest absolute Gasteiger partial charge is 0.250 e. The summed E-state index contributed by atoms with van der Waals surface area (Å²) in [4.78, 5) is 22.9. The third-order valence-electron chi connectivity index (χ3n) is 3.73. The van der Waals surface area contributed by atoms with Gasteiger partial charge in [-0.05, 0) is 32.8 Å². The average molecular weight is 362 g/mol. The van der Waals surface area contributed by atoms with Gasteiger partial charge in [-0.1, -0.05) is 6.07 Å². The molecule has 1 N–H and O–H groups in total. The fraction of sp³-hybridized carbons (Fsp3) is 0.500. The van der Waals surface area contributed by atoms with E-state index in [4.69, 9.17) is 0 Å². The normalized spacial score (nSPS) is 11.6. The maximum Gasteiger partial charge on any atom is 0.250 e. The molecule has 0 atom stereocenters. The second kappa shape index (κ2) is 9.98. The minimum absolute atomic E-state index is 0.0534. The van der Waals surface area contributed by atoms with Crippen molar-refractivity contribution in [3.05, 3.63) is 50.8 Å². The molecule has 0 bridgehead atoms. The summed E-state index contributed by atoms with van der Waals surface area (Å²) in [5.41, 5.74) is 1.12. The van der Waals surface area contributed by atoms with Crippen molar-refractivity contribution in [3.63, 3.8) is 0 Å². The van der Waals surface area contributed by atoms with E-state index in [9.17, 15) is 4.79 Å². The van der Waals surface area contributed by atoms with E-state index in [-0.39, 0.29) is 5.56 Å². The van der Waals surface area contributed by atoms with E-state index in [1.54, 1.807) is 28.0 Å². The van der Waals surface area contributed by atoms with E-state index in [1.165, 1.54) is 0 Å². The number of hydrogen-bond acceptors (Lipinski definition) is 4. The first-order valence-electron chi connectivity index (χ1n) is 8.66. The number of thiazole rings is 1. The van der Waals surface area contributed by atoms with Crippen molar-refractivity contribution in [2.75, 3.05) is 20.1 Å². The number of hydrogen-bond donors (Lipinski definition) is 1. The predicted molar refractivity (Wildman–Crippen MR) is 104 cm³/mol. The summed E-state index contributed by atoms with van der Waals surface area (Å²) in [5, 5.41) is 6.50. The Hall–Kier alpha value is -2.15. The average Bonchev–Trinajstić information content (AvgIpc) is 3.00. The Labute approximate surface area is 153 Å². The number of pyridine rings is 1. The number of nitrogens with zero attached hydrogens (tertiary/aromatic N) is 4. The van der Waals surface area contributed by atoms with Gasteiger partial charge < -0.3 is 14.8 Å². The summed E-state index contributed by atoms with van der Waals surface area (Å²) in [6.07, 6.45) is 3.71. The molecule has 0 aromatic carbocycles. The zero-order valence-corrected chi connectivity index (χ0v) is 16.1. The summed E-state index contributed by atoms with van der Waals surface area (Å²) in [5.74, 6) is 0.894. The number of unbranched alkanes of at least 4 members (excludes halogenated alkanes) is 1. The fourth-order valence-corrected chi connectivity index (χ4v) is 3.10. The van der Waals surface area contributed by atoms with Crippen LogP contribution in [0.1, 0.15) is 30.5 Å². The summed E-state index contributed by atoms with van der Waals surface area (Å²) in [6, 6.07) is 5.25. The Morgan fingerprint density at radius 1 is 1.40 bits per heavy atom. The molecule has 2 heterocycles. The summed E-state index contributed by atoms with van der Waals surface area (Å²) < 4.78 is 1.74. The molecule has 6 nitrogen and oxygen atoms in total. The minimum Gasteiger partial charge on any atom is -0.357 e. The quantitative estimate of drug-likeness (QED) is 0.446. The Morgan fingerprint density at radius 3 is 2.92 bits per heavy atom. The van der Waals surface area contributed by atoms with Crippen LogP contribution in [0.15, 0.2) is 39.6 Å². The van der Waals surface area contributed by atoms with Crippen LogP contribution >= 0.6 is 11.3 Å². The molecule has 2 aromatic rings. The van der Waals surface area contributed by atoms with E-state index < -0.39 is 0 Å². The second-order valence-electron chi connectivity index (χ2n) is 5.89. The molecule has 2 aromatic heterocycles. The Morgan fingerprint density at radius 2 is 2.24 bits per heavy atom. The number of aromatic nitrogens is 2. The zero-order valence-electron chi connectivity index (χ0n) is 15.2. The van der Waals surface area contributed by atoms with Gasteiger partial charge in [0.25, 0.3) is 0 Å². The van der Waals surface area contributed by atoms with Crippen LogP contribution in [0.25, 0.3) is 0 Å². The molecule has 136 valence electrons. The van der Waals surface area contributed by atoms with Crippen LogP contribution in [-0.4, -0.2) is 40.5 Å². The van der Waals surface area contributed by atoms with Crippen molar-refractivity contribution in [3.8, 4) is 0 Å². The van der Waals surface area contributed by atoms with Gasteiger partial charge in [-0.15, -0.1) is 11.3 Å². The standard InChI is InChI=1S/C18H27N5OS/c1-4-19-18(22(3)13-16-14-25-15(2)21-16)20-10-6-8-12-23-11-7-5-9-17(23)24/h5,7,9,11,14H,4,6,8,10,12-13H2,1-3H3,(H,19,20). The first kappa shape index (κ1) is 19.2. The maximum absolute atomic E-state index is 11.7. The van der Waals surface area contributed by atoms with E-state index in [1.807, 2.05) is 26.2 Å². The lowest BCUT2D eigenvalue weighted by Crippen LogP contribution is -2.38. The van der Waals surface area contributed by atoms with Gasteiger partial charge in [0.15, 0.2) is 5.96 Å². The molecule has 2 rings (SSSR count). The van der Waals surface area contributed by atoms with Crippen LogP contribution in [0.4, 0.5) is 0 Å². The second-order valence-corrected chi connectivity index (χ2v) is 6.95. The van der Waals surface area contributed by atoms with Crippen molar-refractivity contribution in [2.24, 2.45) is 4.99 Å². The molecule has 0 fully saturated rings. The minimum atomic E-state index is 0.0534. The monoisotopic (exact) mass is 361 g/mol. The highest BCUT2D eigenvalue weighted by Gasteiger charge is 2.08. The van der Waals surface area contributed by atoms with Gasteiger partial charge in [-0.2, -0.15) is 0 Å². The fourth-order valence-electron chi connectivity index (χ4n) is 2.49. The zero-order chi connectivity index (χ0) is 18.1. The Kier molecular flexibility index (Phi) is 7.66. The van der Waals surface area contributed by atoms with Gasteiger partial charge in [-0.3, -0.25) is 9.79 Å². The highest BCUT2D eigenvalue weighted by atomic mass is 32.1. The van der Waals surface area contributed by atoms with Gasteiger partial charge in [0.1, 0.15) is 0 Å². The summed E-state index contributed by atoms with van der Waals surface area (Å²) in [7, 11) is 2.03. The molecule has 0 aliphatic heterocycles. The molecule has 0 radical (unpaired) electrons. The molecule has 0 amide bonds. The predicted octanol–water partition coefficient (Wildman–Crippen LogP) is 2.49. The lowest BCUT2D eigenvalue weighted by Gasteiger charge is -2.21. The van der Waals surface area contributed by atoms with Crippen molar-refractivity contribution in [2.45, 2.75) is 39.8 Å². The molecular weight excluding hydrogens is 334 g/mol. The van der Waals surface area contributed by atoms with Crippen LogP contribution in [-0.2, 0) is 13.1 Å². The molecule has 0 aliphatic rings. The first-order valence-corrected chi connectivity index (χ1v) is 9.54. The number of nitrogens with one attached hydrogen (secondary N) is 1. The third-order valence-corrected chi connectivity index (χ3v) is 4.55. The first-order chi connectivity index (χ1) is 12.1. The summed E-state index contributed by atoms with van der Waals surface area (Å²) in [6.45, 7) is 7.14. The van der Waals surface area contributed by atoms with Crippen molar-refractivity contribution in [1.82, 2.24) is 19.8 Å². The number of aryl methyl sites for hydroxylation is 2. The molecule has 0 saturated carbocycles. The van der Waals surface area contributed by atoms with E-state index >= 15 is 0 Å². The topological polar surface area (TPSA) is 62.5 Å². The molecular formula is C18H27N5OS. The van der Waals surface area contributed by atoms with Crippen molar-refractivity contribution in [1.29, 1.82) is 0 Å². The molecule has 7 heteroatoms. The number of rotatable bonds is 8. The highest BCUT2D eigenvalue weighted by molar-refractivity contribution is 7.09. The lowest BCUT2D eigenvalue weighted by molar-refractivity contribution is 0.469. The van der Waals surface area contributed by atoms with Crippen molar-refractivity contribution < 1.29 is 0 Å². The van der Waals surface area contributed by atoms with Gasteiger partial charge in [-0.25, -0.2) is 4.98 Å². The van der Waals surface area contributed by atoms with E-state index in [0.717, 1.165) is 55.7 Å². The summed E-state index contributed by atoms with van der Waals surface area (Å²) >= 11 is 1.67. The van der Waals surface area contributed by atoms with Gasteiger partial charge in [0.05, 0.1) is 17.2 Å². The number of aliphatic imine (C=N–C) groups is 1. The van der Waals surface area contributed by atoms with Crippen LogP contribution in [0.2, 0.25) is 0 Å². The van der Waals surface area contributed by atoms with E-state index in [0.29, 0.717) is 0 Å². The van der Waals surface area contributed by atoms with E-state index in [2.05, 4.69) is 32.5 Å². The maximum atomic E-state index is 11.7. The molecule has 0 unspecified atom stereocenters. The lowest BCUT2D eigenvalue weighted by atomic mass is 10.3. The van der Waals surface area contributed by atoms with Crippen LogP contribution in [0.5, 0.6) is 0 Å². The molecule has 0 aliphatic carbocycles. The highest BCUT2D eigenvalue weighted by Crippen LogP contribution is 2.09.